The van der Waals surface area contributed by atoms with E-state index in [0.717, 1.165) is 13.0 Å². The second-order valence-electron chi connectivity index (χ2n) is 4.21. The van der Waals surface area contributed by atoms with Gasteiger partial charge in [0.25, 0.3) is 0 Å². The number of rotatable bonds is 8. The predicted molar refractivity (Wildman–Crippen MR) is 73.3 cm³/mol. The molecule has 1 atom stereocenters. The molecule has 0 aliphatic rings. The molecular formula is C12H19N3O3S. The highest BCUT2D eigenvalue weighted by molar-refractivity contribution is 7.92. The van der Waals surface area contributed by atoms with E-state index >= 15 is 0 Å². The second-order valence-corrected chi connectivity index (χ2v) is 6.57. The van der Waals surface area contributed by atoms with Gasteiger partial charge in [0, 0.05) is 25.5 Å². The summed E-state index contributed by atoms with van der Waals surface area (Å²) in [5.74, 6) is -0.649. The summed E-state index contributed by atoms with van der Waals surface area (Å²) >= 11 is 0. The van der Waals surface area contributed by atoms with Crippen LogP contribution in [0.5, 0.6) is 0 Å². The van der Waals surface area contributed by atoms with Gasteiger partial charge in [0.1, 0.15) is 5.25 Å². The highest BCUT2D eigenvalue weighted by atomic mass is 32.2. The minimum Gasteiger partial charge on any atom is -0.355 e. The average molecular weight is 285 g/mol. The molecule has 7 heteroatoms. The van der Waals surface area contributed by atoms with E-state index in [1.54, 1.807) is 12.5 Å². The first-order chi connectivity index (χ1) is 8.97. The van der Waals surface area contributed by atoms with Gasteiger partial charge in [-0.1, -0.05) is 6.08 Å². The number of hydrogen-bond acceptors (Lipinski definition) is 4. The Bertz CT molecular complexity index is 508. The van der Waals surface area contributed by atoms with Crippen molar-refractivity contribution >= 4 is 15.7 Å². The summed E-state index contributed by atoms with van der Waals surface area (Å²) < 4.78 is 25.2. The summed E-state index contributed by atoms with van der Waals surface area (Å²) in [5, 5.41) is 1.58. The maximum Gasteiger partial charge on any atom is 0.238 e. The minimum atomic E-state index is -3.44. The zero-order valence-electron chi connectivity index (χ0n) is 10.9. The van der Waals surface area contributed by atoms with Gasteiger partial charge in [0.2, 0.25) is 5.91 Å². The molecule has 1 rings (SSSR count). The number of aryl methyl sites for hydroxylation is 1. The number of carbonyl (C=O) groups excluding carboxylic acids is 1. The smallest absolute Gasteiger partial charge is 0.238 e. The molecule has 1 amide bonds. The molecule has 0 saturated heterocycles. The Morgan fingerprint density at radius 2 is 2.32 bits per heavy atom. The second kappa shape index (κ2) is 7.08. The van der Waals surface area contributed by atoms with Crippen LogP contribution in [0, 0.1) is 0 Å². The van der Waals surface area contributed by atoms with Crippen molar-refractivity contribution in [1.82, 2.24) is 14.9 Å². The molecule has 1 heterocycles. The van der Waals surface area contributed by atoms with Crippen LogP contribution in [-0.4, -0.2) is 41.4 Å². The number of carbonyl (C=O) groups is 1. The van der Waals surface area contributed by atoms with E-state index < -0.39 is 21.0 Å². The van der Waals surface area contributed by atoms with Crippen molar-refractivity contribution in [1.29, 1.82) is 0 Å². The fourth-order valence-electron chi connectivity index (χ4n) is 1.51. The van der Waals surface area contributed by atoms with Gasteiger partial charge in [0.05, 0.1) is 12.1 Å². The minimum absolute atomic E-state index is 0.184. The predicted octanol–water partition coefficient (Wildman–Crippen LogP) is 0.379. The summed E-state index contributed by atoms with van der Waals surface area (Å²) in [6, 6.07) is 0. The van der Waals surface area contributed by atoms with Gasteiger partial charge in [-0.15, -0.1) is 6.58 Å². The van der Waals surface area contributed by atoms with Crippen LogP contribution >= 0.6 is 0 Å². The monoisotopic (exact) mass is 285 g/mol. The first-order valence-corrected chi connectivity index (χ1v) is 7.75. The number of amides is 1. The molecule has 0 aliphatic carbocycles. The molecule has 0 saturated carbocycles. The summed E-state index contributed by atoms with van der Waals surface area (Å²) in [4.78, 5) is 15.6. The van der Waals surface area contributed by atoms with Crippen LogP contribution in [0.1, 0.15) is 13.3 Å². The van der Waals surface area contributed by atoms with E-state index in [4.69, 9.17) is 0 Å². The topological polar surface area (TPSA) is 81.1 Å². The Labute approximate surface area is 113 Å². The van der Waals surface area contributed by atoms with Crippen molar-refractivity contribution in [2.45, 2.75) is 25.1 Å². The number of nitrogens with zero attached hydrogens (tertiary/aromatic N) is 2. The van der Waals surface area contributed by atoms with Crippen LogP contribution in [0.4, 0.5) is 0 Å². The molecule has 1 unspecified atom stereocenters. The Balaban J connectivity index is 2.32. The molecule has 1 N–H and O–H groups in total. The molecule has 0 radical (unpaired) electrons. The highest BCUT2D eigenvalue weighted by Crippen LogP contribution is 2.02. The fraction of sp³-hybridized carbons (Fsp3) is 0.500. The van der Waals surface area contributed by atoms with Crippen LogP contribution in [-0.2, 0) is 21.2 Å². The molecule has 0 spiro atoms. The highest BCUT2D eigenvalue weighted by Gasteiger charge is 2.26. The van der Waals surface area contributed by atoms with Gasteiger partial charge in [-0.05, 0) is 13.3 Å². The number of nitrogens with one attached hydrogen (secondary N) is 1. The average Bonchev–Trinajstić information content (AvgIpc) is 2.86. The maximum atomic E-state index is 11.7. The van der Waals surface area contributed by atoms with Gasteiger partial charge in [-0.3, -0.25) is 4.79 Å². The Morgan fingerprint density at radius 3 is 2.89 bits per heavy atom. The van der Waals surface area contributed by atoms with Gasteiger partial charge >= 0.3 is 0 Å². The van der Waals surface area contributed by atoms with E-state index in [0.29, 0.717) is 6.54 Å². The van der Waals surface area contributed by atoms with E-state index in [9.17, 15) is 13.2 Å². The number of imidazole rings is 1. The van der Waals surface area contributed by atoms with Crippen molar-refractivity contribution in [2.75, 3.05) is 12.3 Å². The quantitative estimate of drug-likeness (QED) is 0.553. The van der Waals surface area contributed by atoms with Gasteiger partial charge in [0.15, 0.2) is 9.84 Å². The van der Waals surface area contributed by atoms with E-state index in [2.05, 4.69) is 16.9 Å². The molecule has 0 aromatic carbocycles. The van der Waals surface area contributed by atoms with E-state index in [1.165, 1.54) is 13.0 Å². The maximum absolute atomic E-state index is 11.7. The Kier molecular flexibility index (Phi) is 5.75. The third-order valence-corrected chi connectivity index (χ3v) is 4.70. The van der Waals surface area contributed by atoms with Crippen molar-refractivity contribution in [3.63, 3.8) is 0 Å². The van der Waals surface area contributed by atoms with Gasteiger partial charge in [-0.25, -0.2) is 13.4 Å². The Morgan fingerprint density at radius 1 is 1.58 bits per heavy atom. The number of sulfone groups is 1. The number of aromatic nitrogens is 2. The van der Waals surface area contributed by atoms with E-state index in [-0.39, 0.29) is 5.75 Å². The van der Waals surface area contributed by atoms with Crippen LogP contribution in [0.3, 0.4) is 0 Å². The lowest BCUT2D eigenvalue weighted by atomic mass is 10.4. The normalized spacial score (nSPS) is 12.9. The molecular weight excluding hydrogens is 266 g/mol. The summed E-state index contributed by atoms with van der Waals surface area (Å²) in [6.45, 7) is 5.93. The largest absolute Gasteiger partial charge is 0.355 e. The lowest BCUT2D eigenvalue weighted by molar-refractivity contribution is -0.120. The zero-order chi connectivity index (χ0) is 14.3. The van der Waals surface area contributed by atoms with Crippen LogP contribution in [0.2, 0.25) is 0 Å². The third-order valence-electron chi connectivity index (χ3n) is 2.71. The lowest BCUT2D eigenvalue weighted by Crippen LogP contribution is -2.39. The molecule has 0 fully saturated rings. The van der Waals surface area contributed by atoms with Crippen molar-refractivity contribution in [3.05, 3.63) is 31.4 Å². The Hall–Kier alpha value is -1.63. The molecule has 19 heavy (non-hydrogen) atoms. The van der Waals surface area contributed by atoms with E-state index in [1.807, 2.05) is 10.8 Å². The van der Waals surface area contributed by atoms with Crippen molar-refractivity contribution < 1.29 is 13.2 Å². The van der Waals surface area contributed by atoms with Gasteiger partial charge in [-0.2, -0.15) is 0 Å². The first kappa shape index (κ1) is 15.4. The van der Waals surface area contributed by atoms with Crippen LogP contribution in [0.25, 0.3) is 0 Å². The third kappa shape index (κ3) is 4.86. The molecule has 6 nitrogen and oxygen atoms in total. The molecule has 0 bridgehead atoms. The summed E-state index contributed by atoms with van der Waals surface area (Å²) in [5.41, 5.74) is 0. The van der Waals surface area contributed by atoms with Crippen molar-refractivity contribution in [2.24, 2.45) is 0 Å². The summed E-state index contributed by atoms with van der Waals surface area (Å²) in [7, 11) is -3.44. The standard InChI is InChI=1S/C12H19N3O3S/c1-3-9-19(17,18)11(2)12(16)14-5-4-7-15-8-6-13-10-15/h3,6,8,10-11H,1,4-5,7,9H2,2H3,(H,14,16). The SMILES string of the molecule is C=CCS(=O)(=O)C(C)C(=O)NCCCn1ccnc1. The zero-order valence-corrected chi connectivity index (χ0v) is 11.8. The molecule has 106 valence electrons. The van der Waals surface area contributed by atoms with Crippen molar-refractivity contribution in [3.8, 4) is 0 Å². The molecule has 0 aliphatic heterocycles. The molecule has 1 aromatic rings. The summed E-state index contributed by atoms with van der Waals surface area (Å²) in [6.07, 6.45) is 7.22. The molecule has 1 aromatic heterocycles. The first-order valence-electron chi connectivity index (χ1n) is 6.03. The lowest BCUT2D eigenvalue weighted by Gasteiger charge is -2.12. The van der Waals surface area contributed by atoms with Crippen LogP contribution in [0.15, 0.2) is 31.4 Å². The fourth-order valence-corrected chi connectivity index (χ4v) is 2.53. The van der Waals surface area contributed by atoms with Crippen LogP contribution < -0.4 is 5.32 Å². The van der Waals surface area contributed by atoms with Gasteiger partial charge < -0.3 is 9.88 Å². The number of hydrogen-bond donors (Lipinski definition) is 1.